The summed E-state index contributed by atoms with van der Waals surface area (Å²) >= 11 is 0. The lowest BCUT2D eigenvalue weighted by molar-refractivity contribution is -0.145. The zero-order chi connectivity index (χ0) is 24.7. The van der Waals surface area contributed by atoms with E-state index in [2.05, 4.69) is 0 Å². The SMILES string of the molecule is Cc1c(CCC(=O)N2CCCC(C(=O)O)C2)c(=O)oc2cc3occ(-c4ccc(F)cc4)c3cc12. The fourth-order valence-electron chi connectivity index (χ4n) is 4.85. The number of aryl methyl sites for hydroxylation is 1. The monoisotopic (exact) mass is 477 g/mol. The third-order valence-corrected chi connectivity index (χ3v) is 6.85. The van der Waals surface area contributed by atoms with E-state index in [-0.39, 0.29) is 31.1 Å². The van der Waals surface area contributed by atoms with Crippen LogP contribution in [0.15, 0.2) is 56.3 Å². The van der Waals surface area contributed by atoms with E-state index in [1.807, 2.05) is 13.0 Å². The van der Waals surface area contributed by atoms with E-state index >= 15 is 0 Å². The molecule has 0 spiro atoms. The molecule has 0 radical (unpaired) electrons. The Balaban J connectivity index is 1.45. The summed E-state index contributed by atoms with van der Waals surface area (Å²) in [7, 11) is 0. The number of halogens is 1. The number of benzene rings is 2. The summed E-state index contributed by atoms with van der Waals surface area (Å²) in [4.78, 5) is 38.4. The number of carboxylic acids is 1. The highest BCUT2D eigenvalue weighted by Crippen LogP contribution is 2.34. The molecule has 0 saturated carbocycles. The molecule has 1 fully saturated rings. The second-order valence-electron chi connectivity index (χ2n) is 9.01. The van der Waals surface area contributed by atoms with Gasteiger partial charge in [-0.15, -0.1) is 0 Å². The van der Waals surface area contributed by atoms with Crippen molar-refractivity contribution in [3.8, 4) is 11.1 Å². The van der Waals surface area contributed by atoms with Crippen LogP contribution >= 0.6 is 0 Å². The number of hydrogen-bond acceptors (Lipinski definition) is 5. The molecular weight excluding hydrogens is 453 g/mol. The number of carbonyl (C=O) groups is 2. The molecule has 1 unspecified atom stereocenters. The van der Waals surface area contributed by atoms with Crippen LogP contribution in [0.25, 0.3) is 33.1 Å². The molecule has 1 saturated heterocycles. The van der Waals surface area contributed by atoms with E-state index in [1.54, 1.807) is 29.4 Å². The molecule has 2 aromatic carbocycles. The van der Waals surface area contributed by atoms with Gasteiger partial charge in [0.05, 0.1) is 12.2 Å². The number of aliphatic carboxylic acids is 1. The lowest BCUT2D eigenvalue weighted by Gasteiger charge is -2.30. The zero-order valence-electron chi connectivity index (χ0n) is 19.2. The van der Waals surface area contributed by atoms with Gasteiger partial charge < -0.3 is 18.8 Å². The largest absolute Gasteiger partial charge is 0.481 e. The van der Waals surface area contributed by atoms with Crippen molar-refractivity contribution in [2.24, 2.45) is 5.92 Å². The first-order chi connectivity index (χ1) is 16.8. The van der Waals surface area contributed by atoms with E-state index in [1.165, 1.54) is 12.1 Å². The smallest absolute Gasteiger partial charge is 0.339 e. The number of fused-ring (bicyclic) bond motifs is 2. The molecule has 4 aromatic rings. The molecule has 5 rings (SSSR count). The lowest BCUT2D eigenvalue weighted by Crippen LogP contribution is -2.42. The van der Waals surface area contributed by atoms with Gasteiger partial charge in [-0.3, -0.25) is 9.59 Å². The van der Waals surface area contributed by atoms with Gasteiger partial charge >= 0.3 is 11.6 Å². The van der Waals surface area contributed by atoms with Crippen LogP contribution in [0, 0.1) is 18.7 Å². The average Bonchev–Trinajstić information content (AvgIpc) is 3.26. The molecule has 35 heavy (non-hydrogen) atoms. The Morgan fingerprint density at radius 1 is 1.14 bits per heavy atom. The van der Waals surface area contributed by atoms with Crippen LogP contribution in [0.5, 0.6) is 0 Å². The Morgan fingerprint density at radius 2 is 1.91 bits per heavy atom. The van der Waals surface area contributed by atoms with Crippen molar-refractivity contribution in [2.45, 2.75) is 32.6 Å². The Labute approximate surface area is 199 Å². The number of likely N-dealkylation sites (tertiary alicyclic amines) is 1. The van der Waals surface area contributed by atoms with E-state index < -0.39 is 17.5 Å². The summed E-state index contributed by atoms with van der Waals surface area (Å²) in [5.41, 5.74) is 3.15. The third-order valence-electron chi connectivity index (χ3n) is 6.85. The molecule has 1 aliphatic heterocycles. The topological polar surface area (TPSA) is 101 Å². The Bertz CT molecular complexity index is 1500. The van der Waals surface area contributed by atoms with Crippen molar-refractivity contribution in [3.63, 3.8) is 0 Å². The third kappa shape index (κ3) is 4.32. The van der Waals surface area contributed by atoms with Crippen LogP contribution in [0.4, 0.5) is 4.39 Å². The van der Waals surface area contributed by atoms with Crippen LogP contribution in [0.1, 0.15) is 30.4 Å². The highest BCUT2D eigenvalue weighted by Gasteiger charge is 2.28. The number of furan rings is 1. The molecule has 8 heteroatoms. The second-order valence-corrected chi connectivity index (χ2v) is 9.01. The maximum absolute atomic E-state index is 13.4. The zero-order valence-corrected chi connectivity index (χ0v) is 19.2. The first-order valence-corrected chi connectivity index (χ1v) is 11.6. The van der Waals surface area contributed by atoms with Crippen LogP contribution in [-0.2, 0) is 16.0 Å². The minimum absolute atomic E-state index is 0.0955. The fraction of sp³-hybridized carbons (Fsp3) is 0.296. The van der Waals surface area contributed by atoms with Crippen molar-refractivity contribution in [2.75, 3.05) is 13.1 Å². The van der Waals surface area contributed by atoms with Gasteiger partial charge in [0.1, 0.15) is 17.0 Å². The predicted octanol–water partition coefficient (Wildman–Crippen LogP) is 4.91. The van der Waals surface area contributed by atoms with Gasteiger partial charge in [0.15, 0.2) is 0 Å². The standard InChI is InChI=1S/C27H24FNO6/c1-15-19(8-9-25(30)29-10-2-3-17(13-29)26(31)32)27(33)35-24-12-23-21(11-20(15)24)22(14-34-23)16-4-6-18(28)7-5-16/h4-7,11-12,14,17H,2-3,8-10,13H2,1H3,(H,31,32). The van der Waals surface area contributed by atoms with Crippen LogP contribution in [0.2, 0.25) is 0 Å². The van der Waals surface area contributed by atoms with Gasteiger partial charge in [-0.2, -0.15) is 0 Å². The number of nitrogens with zero attached hydrogens (tertiary/aromatic N) is 1. The van der Waals surface area contributed by atoms with E-state index in [9.17, 15) is 23.9 Å². The van der Waals surface area contributed by atoms with Crippen molar-refractivity contribution in [1.29, 1.82) is 0 Å². The van der Waals surface area contributed by atoms with Crippen LogP contribution in [0.3, 0.4) is 0 Å². The minimum Gasteiger partial charge on any atom is -0.481 e. The van der Waals surface area contributed by atoms with E-state index in [4.69, 9.17) is 8.83 Å². The number of carboxylic acid groups (broad SMARTS) is 1. The summed E-state index contributed by atoms with van der Waals surface area (Å²) in [6, 6.07) is 9.67. The summed E-state index contributed by atoms with van der Waals surface area (Å²) in [5, 5.41) is 10.8. The lowest BCUT2D eigenvalue weighted by atomic mass is 9.97. The molecule has 3 heterocycles. The number of rotatable bonds is 5. The van der Waals surface area contributed by atoms with Gasteiger partial charge in [-0.05, 0) is 55.5 Å². The number of carbonyl (C=O) groups excluding carboxylic acids is 1. The predicted molar refractivity (Wildman–Crippen MR) is 128 cm³/mol. The number of hydrogen-bond donors (Lipinski definition) is 1. The Hall–Kier alpha value is -3.94. The normalized spacial score (nSPS) is 16.2. The average molecular weight is 477 g/mol. The molecule has 7 nitrogen and oxygen atoms in total. The maximum Gasteiger partial charge on any atom is 0.339 e. The molecule has 1 atom stereocenters. The molecule has 180 valence electrons. The van der Waals surface area contributed by atoms with Crippen molar-refractivity contribution >= 4 is 33.8 Å². The van der Waals surface area contributed by atoms with Crippen molar-refractivity contribution < 1.29 is 27.9 Å². The fourth-order valence-corrected chi connectivity index (χ4v) is 4.85. The van der Waals surface area contributed by atoms with Crippen molar-refractivity contribution in [1.82, 2.24) is 4.90 Å². The summed E-state index contributed by atoms with van der Waals surface area (Å²) < 4.78 is 24.6. The van der Waals surface area contributed by atoms with Crippen LogP contribution in [-0.4, -0.2) is 35.0 Å². The molecule has 2 aromatic heterocycles. The summed E-state index contributed by atoms with van der Waals surface area (Å²) in [5.74, 6) is -1.93. The molecular formula is C27H24FNO6. The summed E-state index contributed by atoms with van der Waals surface area (Å²) in [6.45, 7) is 2.55. The first-order valence-electron chi connectivity index (χ1n) is 11.6. The van der Waals surface area contributed by atoms with Gasteiger partial charge in [0.25, 0.3) is 0 Å². The first kappa shape index (κ1) is 22.8. The van der Waals surface area contributed by atoms with Gasteiger partial charge in [-0.1, -0.05) is 12.1 Å². The van der Waals surface area contributed by atoms with Gasteiger partial charge in [0.2, 0.25) is 5.91 Å². The van der Waals surface area contributed by atoms with Crippen molar-refractivity contribution in [3.05, 3.63) is 70.0 Å². The molecule has 0 bridgehead atoms. The maximum atomic E-state index is 13.4. The van der Waals surface area contributed by atoms with E-state index in [0.717, 1.165) is 27.5 Å². The molecule has 1 amide bonds. The van der Waals surface area contributed by atoms with E-state index in [0.29, 0.717) is 36.1 Å². The molecule has 1 N–H and O–H groups in total. The summed E-state index contributed by atoms with van der Waals surface area (Å²) in [6.07, 6.45) is 3.10. The number of piperidine rings is 1. The van der Waals surface area contributed by atoms with Gasteiger partial charge in [0, 0.05) is 47.5 Å². The van der Waals surface area contributed by atoms with Gasteiger partial charge in [-0.25, -0.2) is 9.18 Å². The number of amides is 1. The molecule has 0 aliphatic carbocycles. The quantitative estimate of drug-likeness (QED) is 0.410. The van der Waals surface area contributed by atoms with Crippen LogP contribution < -0.4 is 5.63 Å². The Kier molecular flexibility index (Phi) is 5.88. The molecule has 1 aliphatic rings. The highest BCUT2D eigenvalue weighted by molar-refractivity contribution is 6.02. The highest BCUT2D eigenvalue weighted by atomic mass is 19.1. The second kappa shape index (κ2) is 9.02. The minimum atomic E-state index is -0.890. The Morgan fingerprint density at radius 3 is 2.66 bits per heavy atom.